The SMILES string of the molecule is Cc1ncc2ccc(=O)n(CC3OCCO3)c2n1. The molecule has 1 saturated heterocycles. The van der Waals surface area contributed by atoms with Crippen LogP contribution in [0.5, 0.6) is 0 Å². The zero-order chi connectivity index (χ0) is 12.5. The highest BCUT2D eigenvalue weighted by atomic mass is 16.7. The maximum atomic E-state index is 11.9. The van der Waals surface area contributed by atoms with Crippen LogP contribution in [0, 0.1) is 6.92 Å². The first kappa shape index (κ1) is 11.3. The minimum Gasteiger partial charge on any atom is -0.348 e. The van der Waals surface area contributed by atoms with Gasteiger partial charge in [-0.3, -0.25) is 9.36 Å². The predicted octanol–water partition coefficient (Wildman–Crippen LogP) is 0.473. The van der Waals surface area contributed by atoms with Crippen LogP contribution in [0.4, 0.5) is 0 Å². The molecule has 2 aromatic rings. The van der Waals surface area contributed by atoms with Gasteiger partial charge in [-0.2, -0.15) is 0 Å². The predicted molar refractivity (Wildman–Crippen MR) is 64.2 cm³/mol. The molecule has 0 bridgehead atoms. The molecule has 6 heteroatoms. The third kappa shape index (κ3) is 2.00. The van der Waals surface area contributed by atoms with Crippen molar-refractivity contribution in [3.05, 3.63) is 34.5 Å². The first-order chi connectivity index (χ1) is 8.74. The Morgan fingerprint density at radius 3 is 2.94 bits per heavy atom. The van der Waals surface area contributed by atoms with Crippen molar-refractivity contribution in [3.63, 3.8) is 0 Å². The summed E-state index contributed by atoms with van der Waals surface area (Å²) in [5, 5.41) is 0.832. The lowest BCUT2D eigenvalue weighted by molar-refractivity contribution is -0.0523. The average molecular weight is 247 g/mol. The van der Waals surface area contributed by atoms with Crippen LogP contribution in [0.3, 0.4) is 0 Å². The molecular weight excluding hydrogens is 234 g/mol. The molecule has 94 valence electrons. The number of aromatic nitrogens is 3. The van der Waals surface area contributed by atoms with Crippen molar-refractivity contribution in [1.29, 1.82) is 0 Å². The summed E-state index contributed by atoms with van der Waals surface area (Å²) in [6.07, 6.45) is 1.34. The van der Waals surface area contributed by atoms with Gasteiger partial charge >= 0.3 is 0 Å². The summed E-state index contributed by atoms with van der Waals surface area (Å²) in [6, 6.07) is 3.24. The van der Waals surface area contributed by atoms with Gasteiger partial charge in [0.05, 0.1) is 19.8 Å². The molecule has 0 spiro atoms. The van der Waals surface area contributed by atoms with Crippen molar-refractivity contribution >= 4 is 11.0 Å². The van der Waals surface area contributed by atoms with Gasteiger partial charge in [0, 0.05) is 17.6 Å². The summed E-state index contributed by atoms with van der Waals surface area (Å²) in [4.78, 5) is 20.4. The highest BCUT2D eigenvalue weighted by Crippen LogP contribution is 2.11. The van der Waals surface area contributed by atoms with Gasteiger partial charge in [-0.25, -0.2) is 9.97 Å². The molecule has 0 aliphatic carbocycles. The van der Waals surface area contributed by atoms with Crippen LogP contribution < -0.4 is 5.56 Å². The molecule has 0 aromatic carbocycles. The number of nitrogens with zero attached hydrogens (tertiary/aromatic N) is 3. The van der Waals surface area contributed by atoms with Gasteiger partial charge in [-0.1, -0.05) is 0 Å². The second-order valence-electron chi connectivity index (χ2n) is 4.15. The highest BCUT2D eigenvalue weighted by molar-refractivity contribution is 5.73. The molecule has 0 atom stereocenters. The smallest absolute Gasteiger partial charge is 0.252 e. The van der Waals surface area contributed by atoms with Gasteiger partial charge < -0.3 is 9.47 Å². The zero-order valence-corrected chi connectivity index (χ0v) is 10.00. The minimum absolute atomic E-state index is 0.111. The number of hydrogen-bond acceptors (Lipinski definition) is 5. The Morgan fingerprint density at radius 1 is 1.39 bits per heavy atom. The Hall–Kier alpha value is -1.79. The van der Waals surface area contributed by atoms with Crippen molar-refractivity contribution in [3.8, 4) is 0 Å². The molecule has 3 rings (SSSR count). The van der Waals surface area contributed by atoms with E-state index in [1.54, 1.807) is 23.8 Å². The molecule has 0 amide bonds. The molecular formula is C12H13N3O3. The fraction of sp³-hybridized carbons (Fsp3) is 0.417. The summed E-state index contributed by atoms with van der Waals surface area (Å²) in [6.45, 7) is 3.28. The summed E-state index contributed by atoms with van der Waals surface area (Å²) < 4.78 is 12.3. The average Bonchev–Trinajstić information content (AvgIpc) is 2.86. The molecule has 2 aromatic heterocycles. The quantitative estimate of drug-likeness (QED) is 0.772. The third-order valence-corrected chi connectivity index (χ3v) is 2.87. The van der Waals surface area contributed by atoms with Crippen LogP contribution in [0.1, 0.15) is 5.82 Å². The van der Waals surface area contributed by atoms with E-state index in [0.717, 1.165) is 5.39 Å². The Kier molecular flexibility index (Phi) is 2.81. The zero-order valence-electron chi connectivity index (χ0n) is 10.00. The van der Waals surface area contributed by atoms with Crippen molar-refractivity contribution in [2.24, 2.45) is 0 Å². The normalized spacial score (nSPS) is 16.5. The lowest BCUT2D eigenvalue weighted by atomic mass is 10.3. The number of rotatable bonds is 2. The van der Waals surface area contributed by atoms with Gasteiger partial charge in [0.15, 0.2) is 6.29 Å². The third-order valence-electron chi connectivity index (χ3n) is 2.87. The van der Waals surface area contributed by atoms with E-state index in [1.807, 2.05) is 0 Å². The Morgan fingerprint density at radius 2 is 2.17 bits per heavy atom. The lowest BCUT2D eigenvalue weighted by Gasteiger charge is -2.13. The number of pyridine rings is 1. The van der Waals surface area contributed by atoms with Crippen LogP contribution >= 0.6 is 0 Å². The molecule has 1 aliphatic heterocycles. The van der Waals surface area contributed by atoms with E-state index in [9.17, 15) is 4.79 Å². The van der Waals surface area contributed by atoms with Crippen molar-refractivity contribution in [2.75, 3.05) is 13.2 Å². The highest BCUT2D eigenvalue weighted by Gasteiger charge is 2.18. The summed E-state index contributed by atoms with van der Waals surface area (Å²) >= 11 is 0. The van der Waals surface area contributed by atoms with Gasteiger partial charge in [-0.05, 0) is 13.0 Å². The van der Waals surface area contributed by atoms with Crippen molar-refractivity contribution in [2.45, 2.75) is 19.8 Å². The molecule has 3 heterocycles. The van der Waals surface area contributed by atoms with Crippen molar-refractivity contribution in [1.82, 2.24) is 14.5 Å². The lowest BCUT2D eigenvalue weighted by Crippen LogP contribution is -2.27. The second kappa shape index (κ2) is 4.47. The van der Waals surface area contributed by atoms with E-state index in [0.29, 0.717) is 31.2 Å². The molecule has 1 fully saturated rings. The molecule has 0 saturated carbocycles. The number of aryl methyl sites for hydroxylation is 1. The summed E-state index contributed by atoms with van der Waals surface area (Å²) in [5.74, 6) is 0.634. The van der Waals surface area contributed by atoms with Gasteiger partial charge in [0.25, 0.3) is 5.56 Å². The van der Waals surface area contributed by atoms with E-state index in [2.05, 4.69) is 9.97 Å². The van der Waals surface area contributed by atoms with Gasteiger partial charge in [0.2, 0.25) is 0 Å². The molecule has 0 unspecified atom stereocenters. The number of hydrogen-bond donors (Lipinski definition) is 0. The van der Waals surface area contributed by atoms with Crippen molar-refractivity contribution < 1.29 is 9.47 Å². The maximum Gasteiger partial charge on any atom is 0.252 e. The van der Waals surface area contributed by atoms with Crippen LogP contribution in [0.25, 0.3) is 11.0 Å². The van der Waals surface area contributed by atoms with Crippen LogP contribution in [0.15, 0.2) is 23.1 Å². The Bertz CT molecular complexity index is 632. The van der Waals surface area contributed by atoms with E-state index >= 15 is 0 Å². The monoisotopic (exact) mass is 247 g/mol. The fourth-order valence-electron chi connectivity index (χ4n) is 1.99. The number of fused-ring (bicyclic) bond motifs is 1. The first-order valence-corrected chi connectivity index (χ1v) is 5.80. The van der Waals surface area contributed by atoms with Gasteiger partial charge in [0.1, 0.15) is 11.5 Å². The fourth-order valence-corrected chi connectivity index (χ4v) is 1.99. The molecule has 0 radical (unpaired) electrons. The van der Waals surface area contributed by atoms with Crippen LogP contribution in [-0.4, -0.2) is 34.0 Å². The van der Waals surface area contributed by atoms with Gasteiger partial charge in [-0.15, -0.1) is 0 Å². The largest absolute Gasteiger partial charge is 0.348 e. The Balaban J connectivity index is 2.10. The Labute approximate surface area is 103 Å². The van der Waals surface area contributed by atoms with E-state index in [-0.39, 0.29) is 11.8 Å². The van der Waals surface area contributed by atoms with E-state index in [1.165, 1.54) is 6.07 Å². The minimum atomic E-state index is -0.372. The summed E-state index contributed by atoms with van der Waals surface area (Å²) in [7, 11) is 0. The van der Waals surface area contributed by atoms with Crippen LogP contribution in [-0.2, 0) is 16.0 Å². The number of ether oxygens (including phenoxy) is 2. The first-order valence-electron chi connectivity index (χ1n) is 5.80. The summed E-state index contributed by atoms with van der Waals surface area (Å²) in [5.41, 5.74) is 0.508. The topological polar surface area (TPSA) is 66.2 Å². The van der Waals surface area contributed by atoms with Crippen LogP contribution in [0.2, 0.25) is 0 Å². The molecule has 0 N–H and O–H groups in total. The van der Waals surface area contributed by atoms with E-state index < -0.39 is 0 Å². The molecule has 6 nitrogen and oxygen atoms in total. The van der Waals surface area contributed by atoms with E-state index in [4.69, 9.17) is 9.47 Å². The molecule has 18 heavy (non-hydrogen) atoms. The standard InChI is InChI=1S/C12H13N3O3/c1-8-13-6-9-2-3-10(16)15(12(9)14-8)7-11-17-4-5-18-11/h2-3,6,11H,4-5,7H2,1H3. The second-order valence-corrected chi connectivity index (χ2v) is 4.15. The maximum absolute atomic E-state index is 11.9. The molecule has 1 aliphatic rings.